The van der Waals surface area contributed by atoms with Gasteiger partial charge >= 0.3 is 6.61 Å². The minimum atomic E-state index is -2.83. The van der Waals surface area contributed by atoms with Crippen LogP contribution in [0.15, 0.2) is 60.8 Å². The zero-order valence-corrected chi connectivity index (χ0v) is 13.1. The summed E-state index contributed by atoms with van der Waals surface area (Å²) in [6.45, 7) is -0.351. The smallest absolute Gasteiger partial charge is 0.387 e. The molecule has 0 radical (unpaired) electrons. The predicted octanol–water partition coefficient (Wildman–Crippen LogP) is 4.39. The fraction of sp³-hybridized carbons (Fsp3) is 0.167. The molecule has 0 atom stereocenters. The summed E-state index contributed by atoms with van der Waals surface area (Å²) < 4.78 is 30.8. The van der Waals surface area contributed by atoms with Gasteiger partial charge in [0.25, 0.3) is 0 Å². The van der Waals surface area contributed by atoms with Crippen molar-refractivity contribution in [3.8, 4) is 11.4 Å². The number of para-hydroxylation sites is 1. The van der Waals surface area contributed by atoms with Crippen LogP contribution in [0.3, 0.4) is 0 Å². The highest BCUT2D eigenvalue weighted by Crippen LogP contribution is 2.20. The molecule has 4 nitrogen and oxygen atoms in total. The minimum absolute atomic E-state index is 0.131. The van der Waals surface area contributed by atoms with Crippen LogP contribution in [-0.4, -0.2) is 16.4 Å². The van der Waals surface area contributed by atoms with Crippen molar-refractivity contribution < 1.29 is 13.5 Å². The van der Waals surface area contributed by atoms with E-state index >= 15 is 0 Å². The molecular weight excluding hydrogens is 312 g/mol. The summed E-state index contributed by atoms with van der Waals surface area (Å²) >= 11 is 0. The second-order valence-electron chi connectivity index (χ2n) is 5.28. The second kappa shape index (κ2) is 7.12. The molecule has 1 N–H and O–H groups in total. The lowest BCUT2D eigenvalue weighted by atomic mass is 10.2. The zero-order chi connectivity index (χ0) is 16.9. The molecule has 0 spiro atoms. The third-order valence-corrected chi connectivity index (χ3v) is 3.56. The number of ether oxygens (including phenoxy) is 1. The molecule has 0 aliphatic carbocycles. The molecular formula is C18H17F2N3O. The van der Waals surface area contributed by atoms with Gasteiger partial charge in [-0.1, -0.05) is 24.3 Å². The van der Waals surface area contributed by atoms with Gasteiger partial charge in [0.1, 0.15) is 5.75 Å². The van der Waals surface area contributed by atoms with E-state index in [1.54, 1.807) is 18.2 Å². The number of aryl methyl sites for hydroxylation is 1. The van der Waals surface area contributed by atoms with Gasteiger partial charge in [0.2, 0.25) is 0 Å². The van der Waals surface area contributed by atoms with Crippen LogP contribution in [0.2, 0.25) is 0 Å². The molecule has 1 aromatic heterocycles. The molecule has 0 amide bonds. The van der Waals surface area contributed by atoms with Crippen LogP contribution >= 0.6 is 0 Å². The monoisotopic (exact) mass is 329 g/mol. The zero-order valence-electron chi connectivity index (χ0n) is 13.1. The molecule has 0 unspecified atom stereocenters. The molecule has 2 aromatic carbocycles. The van der Waals surface area contributed by atoms with Gasteiger partial charge in [0.15, 0.2) is 0 Å². The van der Waals surface area contributed by atoms with E-state index in [4.69, 9.17) is 0 Å². The number of hydrogen-bond acceptors (Lipinski definition) is 3. The lowest BCUT2D eigenvalue weighted by molar-refractivity contribution is -0.0498. The first-order valence-electron chi connectivity index (χ1n) is 7.51. The molecule has 6 heteroatoms. The molecule has 1 heterocycles. The molecule has 0 saturated heterocycles. The van der Waals surface area contributed by atoms with Crippen molar-refractivity contribution >= 4 is 5.69 Å². The second-order valence-corrected chi connectivity index (χ2v) is 5.28. The van der Waals surface area contributed by atoms with E-state index in [0.717, 1.165) is 16.9 Å². The van der Waals surface area contributed by atoms with E-state index in [0.29, 0.717) is 12.2 Å². The minimum Gasteiger partial charge on any atom is -0.435 e. The Morgan fingerprint density at radius 1 is 1.12 bits per heavy atom. The molecule has 124 valence electrons. The summed E-state index contributed by atoms with van der Waals surface area (Å²) in [5, 5.41) is 7.70. The van der Waals surface area contributed by atoms with Gasteiger partial charge in [0.05, 0.1) is 11.4 Å². The Hall–Kier alpha value is -2.89. The first-order valence-corrected chi connectivity index (χ1v) is 7.51. The highest BCUT2D eigenvalue weighted by Gasteiger charge is 2.07. The SMILES string of the molecule is Cc1nn(-c2ccccc2)cc1CNc1cccc(OC(F)F)c1. The summed E-state index contributed by atoms with van der Waals surface area (Å²) in [4.78, 5) is 0. The summed E-state index contributed by atoms with van der Waals surface area (Å²) in [5.41, 5.74) is 3.63. The van der Waals surface area contributed by atoms with E-state index < -0.39 is 6.61 Å². The molecule has 0 bridgehead atoms. The number of alkyl halides is 2. The lowest BCUT2D eigenvalue weighted by Crippen LogP contribution is -2.03. The fourth-order valence-electron chi connectivity index (χ4n) is 2.36. The molecule has 0 aliphatic rings. The number of benzene rings is 2. The summed E-state index contributed by atoms with van der Waals surface area (Å²) in [6, 6.07) is 16.3. The molecule has 0 fully saturated rings. The van der Waals surface area contributed by atoms with Gasteiger partial charge in [-0.2, -0.15) is 13.9 Å². The van der Waals surface area contributed by atoms with Crippen molar-refractivity contribution in [3.63, 3.8) is 0 Å². The lowest BCUT2D eigenvalue weighted by Gasteiger charge is -2.08. The maximum absolute atomic E-state index is 12.3. The van der Waals surface area contributed by atoms with Crippen LogP contribution in [0.5, 0.6) is 5.75 Å². The number of nitrogens with zero attached hydrogens (tertiary/aromatic N) is 2. The third-order valence-electron chi connectivity index (χ3n) is 3.56. The van der Waals surface area contributed by atoms with Gasteiger partial charge < -0.3 is 10.1 Å². The van der Waals surface area contributed by atoms with E-state index in [9.17, 15) is 8.78 Å². The maximum atomic E-state index is 12.3. The van der Waals surface area contributed by atoms with Gasteiger partial charge in [0, 0.05) is 30.1 Å². The first-order chi connectivity index (χ1) is 11.6. The average Bonchev–Trinajstić information content (AvgIpc) is 2.94. The third kappa shape index (κ3) is 3.90. The van der Waals surface area contributed by atoms with Crippen LogP contribution in [0, 0.1) is 6.92 Å². The first kappa shape index (κ1) is 16.0. The Balaban J connectivity index is 1.70. The van der Waals surface area contributed by atoms with Crippen LogP contribution in [0.25, 0.3) is 5.69 Å². The Morgan fingerprint density at radius 2 is 1.92 bits per heavy atom. The van der Waals surface area contributed by atoms with Gasteiger partial charge in [-0.15, -0.1) is 0 Å². The van der Waals surface area contributed by atoms with E-state index in [-0.39, 0.29) is 5.75 Å². The van der Waals surface area contributed by atoms with Crippen molar-refractivity contribution in [3.05, 3.63) is 72.1 Å². The topological polar surface area (TPSA) is 39.1 Å². The van der Waals surface area contributed by atoms with Gasteiger partial charge in [-0.3, -0.25) is 0 Å². The molecule has 3 rings (SSSR count). The Labute approximate surface area is 138 Å². The van der Waals surface area contributed by atoms with Crippen molar-refractivity contribution in [2.75, 3.05) is 5.32 Å². The van der Waals surface area contributed by atoms with Crippen molar-refractivity contribution in [1.29, 1.82) is 0 Å². The molecule has 0 saturated carbocycles. The van der Waals surface area contributed by atoms with E-state index in [2.05, 4.69) is 15.2 Å². The van der Waals surface area contributed by atoms with Gasteiger partial charge in [-0.05, 0) is 31.2 Å². The summed E-state index contributed by atoms with van der Waals surface area (Å²) in [5.74, 6) is 0.131. The number of rotatable bonds is 6. The van der Waals surface area contributed by atoms with Gasteiger partial charge in [-0.25, -0.2) is 4.68 Å². The number of anilines is 1. The normalized spacial score (nSPS) is 10.8. The largest absolute Gasteiger partial charge is 0.435 e. The fourth-order valence-corrected chi connectivity index (χ4v) is 2.36. The standard InChI is InChI=1S/C18H17F2N3O/c1-13-14(12-23(22-13)16-7-3-2-4-8-16)11-21-15-6-5-9-17(10-15)24-18(19)20/h2-10,12,18,21H,11H2,1H3. The van der Waals surface area contributed by atoms with E-state index in [1.165, 1.54) is 6.07 Å². The molecule has 24 heavy (non-hydrogen) atoms. The van der Waals surface area contributed by atoms with Crippen LogP contribution in [0.4, 0.5) is 14.5 Å². The van der Waals surface area contributed by atoms with Crippen molar-refractivity contribution in [1.82, 2.24) is 9.78 Å². The van der Waals surface area contributed by atoms with E-state index in [1.807, 2.05) is 48.1 Å². The quantitative estimate of drug-likeness (QED) is 0.729. The highest BCUT2D eigenvalue weighted by atomic mass is 19.3. The Morgan fingerprint density at radius 3 is 2.67 bits per heavy atom. The Bertz CT molecular complexity index is 803. The van der Waals surface area contributed by atoms with Crippen molar-refractivity contribution in [2.24, 2.45) is 0 Å². The average molecular weight is 329 g/mol. The summed E-state index contributed by atoms with van der Waals surface area (Å²) in [7, 11) is 0. The number of aromatic nitrogens is 2. The number of halogens is 2. The number of nitrogens with one attached hydrogen (secondary N) is 1. The number of hydrogen-bond donors (Lipinski definition) is 1. The summed E-state index contributed by atoms with van der Waals surface area (Å²) in [6.07, 6.45) is 1.96. The van der Waals surface area contributed by atoms with Crippen LogP contribution in [-0.2, 0) is 6.54 Å². The molecule has 3 aromatic rings. The molecule has 0 aliphatic heterocycles. The predicted molar refractivity (Wildman–Crippen MR) is 88.7 cm³/mol. The highest BCUT2D eigenvalue weighted by molar-refractivity contribution is 5.48. The van der Waals surface area contributed by atoms with Crippen molar-refractivity contribution in [2.45, 2.75) is 20.1 Å². The maximum Gasteiger partial charge on any atom is 0.387 e. The van der Waals surface area contributed by atoms with Crippen LogP contribution in [0.1, 0.15) is 11.3 Å². The Kier molecular flexibility index (Phi) is 4.74. The van der Waals surface area contributed by atoms with Crippen LogP contribution < -0.4 is 10.1 Å².